The molecule has 2 atom stereocenters. The van der Waals surface area contributed by atoms with Gasteiger partial charge in [0.2, 0.25) is 0 Å². The first-order valence-corrected chi connectivity index (χ1v) is 29.6. The van der Waals surface area contributed by atoms with Crippen LogP contribution in [-0.2, 0) is 0 Å². The van der Waals surface area contributed by atoms with Gasteiger partial charge >= 0.3 is 0 Å². The van der Waals surface area contributed by atoms with Crippen molar-refractivity contribution >= 4 is 131 Å². The normalized spacial score (nSPS) is 13.2. The van der Waals surface area contributed by atoms with Crippen molar-refractivity contribution < 1.29 is 0 Å². The van der Waals surface area contributed by atoms with Crippen LogP contribution in [0.15, 0.2) is 206 Å². The Morgan fingerprint density at radius 2 is 0.707 bits per heavy atom. The third-order valence-electron chi connectivity index (χ3n) is 18.9. The quantitative estimate of drug-likeness (QED) is 0.0953. The number of aromatic nitrogens is 2. The van der Waals surface area contributed by atoms with Crippen LogP contribution in [0.3, 0.4) is 0 Å². The largest absolute Gasteiger partial charge is 0.308 e. The van der Waals surface area contributed by atoms with Crippen LogP contribution in [0, 0.1) is 12.3 Å². The van der Waals surface area contributed by atoms with E-state index in [1.54, 1.807) is 0 Å². The van der Waals surface area contributed by atoms with E-state index in [9.17, 15) is 0 Å². The summed E-state index contributed by atoms with van der Waals surface area (Å²) in [7, 11) is 0. The average Bonchev–Trinajstić information content (AvgIpc) is 3.98. The Balaban J connectivity index is 0.751. The van der Waals surface area contributed by atoms with Gasteiger partial charge in [-0.15, -0.1) is 6.42 Å². The van der Waals surface area contributed by atoms with Gasteiger partial charge in [-0.25, -0.2) is 0 Å². The van der Waals surface area contributed by atoms with E-state index in [-0.39, 0.29) is 0 Å². The first kappa shape index (κ1) is 48.5. The molecule has 0 aliphatic heterocycles. The molecule has 4 aromatic heterocycles. The van der Waals surface area contributed by atoms with Gasteiger partial charge in [0, 0.05) is 48.7 Å². The molecule has 392 valence electrons. The molecule has 0 spiro atoms. The van der Waals surface area contributed by atoms with Crippen LogP contribution in [0.2, 0.25) is 0 Å². The van der Waals surface area contributed by atoms with Gasteiger partial charge in [-0.2, -0.15) is 0 Å². The zero-order chi connectivity index (χ0) is 55.2. The molecule has 4 heterocycles. The van der Waals surface area contributed by atoms with Crippen molar-refractivity contribution in [2.75, 3.05) is 0 Å². The van der Waals surface area contributed by atoms with Crippen molar-refractivity contribution in [2.24, 2.45) is 0 Å². The van der Waals surface area contributed by atoms with Gasteiger partial charge in [0.25, 0.3) is 0 Å². The van der Waals surface area contributed by atoms with Crippen LogP contribution in [0.4, 0.5) is 0 Å². The lowest BCUT2D eigenvalue weighted by Gasteiger charge is -2.17. The lowest BCUT2D eigenvalue weighted by Crippen LogP contribution is -1.99. The second-order valence-corrected chi connectivity index (χ2v) is 24.6. The van der Waals surface area contributed by atoms with Gasteiger partial charge < -0.3 is 8.80 Å². The summed E-state index contributed by atoms with van der Waals surface area (Å²) in [6.45, 7) is 13.9. The summed E-state index contributed by atoms with van der Waals surface area (Å²) in [5, 5.41) is 20.4. The molecular weight excluding hydrogens is 989 g/mol. The van der Waals surface area contributed by atoms with E-state index in [0.29, 0.717) is 23.7 Å². The smallest absolute Gasteiger partial charge is 0.0621 e. The Morgan fingerprint density at radius 1 is 0.366 bits per heavy atom. The molecule has 2 heteroatoms. The van der Waals surface area contributed by atoms with Gasteiger partial charge in [-0.1, -0.05) is 181 Å². The van der Waals surface area contributed by atoms with Crippen molar-refractivity contribution in [1.29, 1.82) is 0 Å². The summed E-state index contributed by atoms with van der Waals surface area (Å²) in [5.74, 6) is 4.73. The highest BCUT2D eigenvalue weighted by Crippen LogP contribution is 2.46. The van der Waals surface area contributed by atoms with E-state index in [0.717, 1.165) is 18.4 Å². The second kappa shape index (κ2) is 18.3. The number of terminal acetylenes is 1. The zero-order valence-electron chi connectivity index (χ0n) is 47.4. The fourth-order valence-electron chi connectivity index (χ4n) is 14.2. The molecule has 0 saturated heterocycles. The molecule has 2 nitrogen and oxygen atoms in total. The first-order chi connectivity index (χ1) is 40.0. The molecule has 0 fully saturated rings. The SMILES string of the molecule is C#Cc1cc2c3cc4cc(C(C)C)ccc4cc3n3c4cc5ccc(C(C)CCC(C)c6ccc7cc8c(cc7c6)c6cc(C=C(c7ccccc7)c7ccccc7)cc7c9cc%10cc(C(C)C)ccc%10cc9n8c76)cc5cc4c(c1)c23. The Labute approximate surface area is 478 Å². The predicted octanol–water partition coefficient (Wildman–Crippen LogP) is 22.1. The number of hydrogen-bond donors (Lipinski definition) is 0. The van der Waals surface area contributed by atoms with Crippen LogP contribution < -0.4 is 0 Å². The highest BCUT2D eigenvalue weighted by Gasteiger charge is 2.23. The molecule has 0 N–H and O–H groups in total. The van der Waals surface area contributed by atoms with Crippen LogP contribution >= 0.6 is 0 Å². The van der Waals surface area contributed by atoms with Crippen molar-refractivity contribution in [2.45, 2.75) is 78.1 Å². The van der Waals surface area contributed by atoms with Crippen molar-refractivity contribution in [3.05, 3.63) is 251 Å². The standard InChI is InChI=1S/C80H62N2/c1-8-50-29-71-67-38-62-34-54(46(2)3)21-25-58(62)42-75(67)81-76-44-60-27-23-56(36-64(60)40-68(76)72(30-50)79(71)81)48(6)19-20-49(7)57-24-28-61-45-78-70(41-65(61)37-57)74-33-51(31-66(52-15-11-9-12-16-52)53-17-13-10-14-18-53)32-73-69-39-63-35-55(47(4)5)22-26-59(63)43-77(69)82(78)80(73)74/h1,9-18,21-49H,19-20H2,2-7H3. The number of nitrogens with zero attached hydrogens (tertiary/aromatic N) is 2. The van der Waals surface area contributed by atoms with E-state index in [4.69, 9.17) is 6.42 Å². The Morgan fingerprint density at radius 3 is 1.06 bits per heavy atom. The minimum absolute atomic E-state index is 0.394. The summed E-state index contributed by atoms with van der Waals surface area (Å²) in [6, 6.07) is 78.8. The minimum Gasteiger partial charge on any atom is -0.308 e. The van der Waals surface area contributed by atoms with Crippen LogP contribution in [0.1, 0.15) is 123 Å². The molecule has 0 saturated carbocycles. The summed E-state index contributed by atoms with van der Waals surface area (Å²) < 4.78 is 5.05. The molecule has 0 aliphatic rings. The number of hydrogen-bond acceptors (Lipinski definition) is 0. The monoisotopic (exact) mass is 1050 g/mol. The van der Waals surface area contributed by atoms with Gasteiger partial charge in [0.1, 0.15) is 0 Å². The maximum Gasteiger partial charge on any atom is 0.0621 e. The Hall–Kier alpha value is -9.42. The van der Waals surface area contributed by atoms with Gasteiger partial charge in [-0.3, -0.25) is 0 Å². The first-order valence-electron chi connectivity index (χ1n) is 29.6. The van der Waals surface area contributed by atoms with Crippen LogP contribution in [-0.4, -0.2) is 8.80 Å². The van der Waals surface area contributed by atoms with E-state index in [1.807, 2.05) is 0 Å². The number of fused-ring (bicyclic) bond motifs is 16. The van der Waals surface area contributed by atoms with Crippen molar-refractivity contribution in [3.8, 4) is 12.3 Å². The van der Waals surface area contributed by atoms with Crippen LogP contribution in [0.25, 0.3) is 131 Å². The molecule has 12 aromatic carbocycles. The maximum absolute atomic E-state index is 6.18. The molecule has 0 amide bonds. The highest BCUT2D eigenvalue weighted by atomic mass is 14.9. The molecule has 0 bridgehead atoms. The summed E-state index contributed by atoms with van der Waals surface area (Å²) in [6.07, 6.45) is 10.8. The third kappa shape index (κ3) is 7.49. The molecule has 82 heavy (non-hydrogen) atoms. The molecule has 0 radical (unpaired) electrons. The molecular formula is C80H62N2. The number of rotatable bonds is 10. The Bertz CT molecular complexity index is 5330. The lowest BCUT2D eigenvalue weighted by atomic mass is 9.87. The molecule has 16 rings (SSSR count). The Kier molecular flexibility index (Phi) is 10.8. The summed E-state index contributed by atoms with van der Waals surface area (Å²) >= 11 is 0. The lowest BCUT2D eigenvalue weighted by molar-refractivity contribution is 0.574. The van der Waals surface area contributed by atoms with E-state index >= 15 is 0 Å². The summed E-state index contributed by atoms with van der Waals surface area (Å²) in [4.78, 5) is 0. The van der Waals surface area contributed by atoms with E-state index < -0.39 is 0 Å². The van der Waals surface area contributed by atoms with Gasteiger partial charge in [0.05, 0.1) is 33.1 Å². The topological polar surface area (TPSA) is 8.82 Å². The zero-order valence-corrected chi connectivity index (χ0v) is 47.4. The number of benzene rings is 12. The fraction of sp³-hybridized carbons (Fsp3) is 0.150. The fourth-order valence-corrected chi connectivity index (χ4v) is 14.2. The summed E-state index contributed by atoms with van der Waals surface area (Å²) in [5.41, 5.74) is 18.8. The van der Waals surface area contributed by atoms with Crippen molar-refractivity contribution in [3.63, 3.8) is 0 Å². The van der Waals surface area contributed by atoms with Gasteiger partial charge in [0.15, 0.2) is 0 Å². The highest BCUT2D eigenvalue weighted by molar-refractivity contribution is 6.28. The third-order valence-corrected chi connectivity index (χ3v) is 18.9. The van der Waals surface area contributed by atoms with Crippen LogP contribution in [0.5, 0.6) is 0 Å². The van der Waals surface area contributed by atoms with Crippen molar-refractivity contribution in [1.82, 2.24) is 8.80 Å². The molecule has 0 aliphatic carbocycles. The predicted molar refractivity (Wildman–Crippen MR) is 354 cm³/mol. The maximum atomic E-state index is 6.18. The average molecular weight is 1050 g/mol. The molecule has 2 unspecified atom stereocenters. The van der Waals surface area contributed by atoms with E-state index in [1.165, 1.54) is 164 Å². The minimum atomic E-state index is 0.394. The van der Waals surface area contributed by atoms with E-state index in [2.05, 4.69) is 269 Å². The molecule has 16 aromatic rings. The van der Waals surface area contributed by atoms with Gasteiger partial charge in [-0.05, 0) is 203 Å². The second-order valence-electron chi connectivity index (χ2n) is 24.6.